The van der Waals surface area contributed by atoms with Crippen LogP contribution in [0.3, 0.4) is 0 Å². The third kappa shape index (κ3) is 80.3. The molecule has 0 fully saturated rings. The molecule has 0 unspecified atom stereocenters. The van der Waals surface area contributed by atoms with E-state index in [9.17, 15) is 67.1 Å². The van der Waals surface area contributed by atoms with Gasteiger partial charge in [-0.1, -0.05) is 416 Å². The number of nitrogens with zero attached hydrogens (tertiary/aromatic N) is 3. The molecule has 0 saturated carbocycles. The molecule has 149 heavy (non-hydrogen) atoms. The second kappa shape index (κ2) is 85.4. The van der Waals surface area contributed by atoms with Crippen molar-refractivity contribution in [3.05, 3.63) is 285 Å². The Kier molecular flexibility index (Phi) is 89.7. The molecule has 3 aliphatic heterocycles. The molecule has 1 N–H and O–H groups in total. The number of rotatable bonds is 18. The summed E-state index contributed by atoms with van der Waals surface area (Å²) < 4.78 is 19.0. The number of imide groups is 1. The van der Waals surface area contributed by atoms with E-state index in [1.54, 1.807) is 53.9 Å². The van der Waals surface area contributed by atoms with Crippen molar-refractivity contribution in [1.29, 1.82) is 0 Å². The lowest BCUT2D eigenvalue weighted by Gasteiger charge is -2.17. The molecule has 5 aromatic carbocycles. The smallest absolute Gasteiger partial charge is 0.333 e. The first-order chi connectivity index (χ1) is 68.8. The number of allylic oxidation sites excluding steroid dienone is 6. The molecule has 22 heteroatoms. The third-order valence-electron chi connectivity index (χ3n) is 20.0. The van der Waals surface area contributed by atoms with Crippen molar-refractivity contribution in [2.24, 2.45) is 37.9 Å². The zero-order chi connectivity index (χ0) is 119. The molecule has 5 aromatic rings. The van der Waals surface area contributed by atoms with E-state index >= 15 is 0 Å². The molecular weight excluding hydrogens is 1870 g/mol. The van der Waals surface area contributed by atoms with Crippen molar-refractivity contribution in [2.75, 3.05) is 55.1 Å². The number of esters is 4. The Hall–Kier alpha value is -12.5. The molecule has 0 atom stereocenters. The van der Waals surface area contributed by atoms with Crippen LogP contribution < -0.4 is 5.32 Å². The predicted molar refractivity (Wildman–Crippen MR) is 625 cm³/mol. The molecule has 0 aliphatic carbocycles. The second-order valence-electron chi connectivity index (χ2n) is 40.8. The van der Waals surface area contributed by atoms with Gasteiger partial charge in [0.05, 0.1) is 27.4 Å². The highest BCUT2D eigenvalue weighted by Gasteiger charge is 2.27. The Morgan fingerprint density at radius 2 is 0.530 bits per heavy atom. The highest BCUT2D eigenvalue weighted by molar-refractivity contribution is 6.12. The molecule has 22 nitrogen and oxygen atoms in total. The molecule has 3 aliphatic rings. The molecule has 8 rings (SSSR count). The predicted octanol–water partition coefficient (Wildman–Crippen LogP) is 29.9. The quantitative estimate of drug-likeness (QED) is 0.0213. The molecule has 0 radical (unpaired) electrons. The van der Waals surface area contributed by atoms with Crippen molar-refractivity contribution in [3.63, 3.8) is 0 Å². The molecule has 5 amide bonds. The first-order valence-corrected chi connectivity index (χ1v) is 51.8. The number of ether oxygens (including phenoxy) is 4. The van der Waals surface area contributed by atoms with E-state index in [1.807, 2.05) is 384 Å². The van der Waals surface area contributed by atoms with Crippen LogP contribution in [-0.2, 0) is 95.7 Å². The molecule has 0 spiro atoms. The number of likely N-dealkylation sites (N-methyl/N-ethyl adjacent to an activating group) is 3. The van der Waals surface area contributed by atoms with Gasteiger partial charge in [-0.15, -0.1) is 0 Å². The largest absolute Gasteiger partial charge is 0.466 e. The molecule has 3 heterocycles. The summed E-state index contributed by atoms with van der Waals surface area (Å²) in [7, 11) is 7.61. The lowest BCUT2D eigenvalue weighted by molar-refractivity contribution is -0.140. The molecule has 0 aromatic heterocycles. The second-order valence-corrected chi connectivity index (χ2v) is 40.8. The summed E-state index contributed by atoms with van der Waals surface area (Å²) in [4.78, 5) is 160. The van der Waals surface area contributed by atoms with Crippen LogP contribution in [0.15, 0.2) is 257 Å². The number of carbonyl (C=O) groups is 14. The van der Waals surface area contributed by atoms with Crippen LogP contribution in [-0.4, -0.2) is 152 Å². The van der Waals surface area contributed by atoms with E-state index in [4.69, 9.17) is 9.47 Å². The Balaban J connectivity index is -0.000000176. The number of methoxy groups -OCH3 is 2. The van der Waals surface area contributed by atoms with Gasteiger partial charge in [0.2, 0.25) is 5.91 Å². The van der Waals surface area contributed by atoms with Crippen LogP contribution in [0.4, 0.5) is 0 Å². The van der Waals surface area contributed by atoms with Crippen LogP contribution in [0.2, 0.25) is 0 Å². The van der Waals surface area contributed by atoms with Gasteiger partial charge in [-0.2, -0.15) is 0 Å². The van der Waals surface area contributed by atoms with E-state index in [-0.39, 0.29) is 104 Å². The van der Waals surface area contributed by atoms with Crippen molar-refractivity contribution >= 4 is 82.3 Å². The number of Topliss-reactive ketones (excluding diaryl/α,β-unsaturated/α-hetero) is 5. The fraction of sp³-hybridized carbons (Fsp3) is 0.512. The Labute approximate surface area is 904 Å². The maximum Gasteiger partial charge on any atom is 0.333 e. The van der Waals surface area contributed by atoms with Gasteiger partial charge < -0.3 is 34.1 Å². The van der Waals surface area contributed by atoms with E-state index < -0.39 is 5.41 Å². The van der Waals surface area contributed by atoms with Gasteiger partial charge in [-0.05, 0) is 130 Å². The summed E-state index contributed by atoms with van der Waals surface area (Å²) in [5, 5.41) is 2.71. The third-order valence-corrected chi connectivity index (χ3v) is 20.0. The lowest BCUT2D eigenvalue weighted by atomic mass is 9.87. The maximum absolute atomic E-state index is 11.7. The van der Waals surface area contributed by atoms with E-state index in [2.05, 4.69) is 79.1 Å². The highest BCUT2D eigenvalue weighted by Crippen LogP contribution is 2.25. The summed E-state index contributed by atoms with van der Waals surface area (Å²) in [5.41, 5.74) is 12.0. The normalized spacial score (nSPS) is 11.3. The number of nitrogens with one attached hydrogen (secondary N) is 1. The van der Waals surface area contributed by atoms with Gasteiger partial charge in [0.15, 0.2) is 11.6 Å². The SMILES string of the molecule is C=C1C=CC(=O)N1C.C=C1C=CC(=O)N1C.CC.CC.CC.CC.CC.CC.CC(C)(C)C(=O)Cc1ccccc1.CC(C)(C)C(=O)Cc1ccccc1.CC(C)(C)C(=O)c1ccccc1.CC(C)(C)C(=O)c1ccccc1.CC(C)(C)Cc1ccccc1.CC(C)=C(C)C(=O)OCCCC(=O)C(C)(C)C.CC(C)=C(C)C(=O)OCCNC(=O)C(C)(C)C.CN1C(=O)C=CC1=O.COC(=O)C(C)=C(C)C.COC(=O)C(C)=C(C)C. The van der Waals surface area contributed by atoms with Crippen molar-refractivity contribution in [1.82, 2.24) is 20.0 Å². The maximum atomic E-state index is 11.7. The molecule has 0 bridgehead atoms. The first-order valence-electron chi connectivity index (χ1n) is 51.8. The number of ketones is 5. The Morgan fingerprint density at radius 3 is 0.718 bits per heavy atom. The Morgan fingerprint density at radius 1 is 0.295 bits per heavy atom. The summed E-state index contributed by atoms with van der Waals surface area (Å²) in [6.45, 7) is 95.4. The van der Waals surface area contributed by atoms with Gasteiger partial charge in [-0.3, -0.25) is 52.8 Å². The highest BCUT2D eigenvalue weighted by atomic mass is 16.5. The van der Waals surface area contributed by atoms with Gasteiger partial charge >= 0.3 is 23.9 Å². The van der Waals surface area contributed by atoms with Gasteiger partial charge in [0.1, 0.15) is 24.0 Å². The summed E-state index contributed by atoms with van der Waals surface area (Å²) in [6, 6.07) is 49.2. The number of hydrogen-bond donors (Lipinski definition) is 1. The van der Waals surface area contributed by atoms with E-state index in [0.717, 1.165) is 67.3 Å². The van der Waals surface area contributed by atoms with Crippen molar-refractivity contribution in [2.45, 2.75) is 344 Å². The number of benzene rings is 5. The summed E-state index contributed by atoms with van der Waals surface area (Å²) in [5.74, 6) is -0.424. The lowest BCUT2D eigenvalue weighted by Crippen LogP contribution is -2.37. The van der Waals surface area contributed by atoms with Crippen LogP contribution in [0.25, 0.3) is 0 Å². The minimum atomic E-state index is -0.417. The zero-order valence-corrected chi connectivity index (χ0v) is 102. The zero-order valence-electron chi connectivity index (χ0n) is 102. The van der Waals surface area contributed by atoms with Crippen LogP contribution in [0, 0.1) is 37.9 Å². The van der Waals surface area contributed by atoms with Gasteiger partial charge in [0, 0.05) is 142 Å². The number of carbonyl (C=O) groups excluding carboxylic acids is 14. The molecular formula is C127H202N4O18. The van der Waals surface area contributed by atoms with Crippen molar-refractivity contribution in [3.8, 4) is 0 Å². The first kappa shape index (κ1) is 157. The van der Waals surface area contributed by atoms with E-state index in [0.29, 0.717) is 78.1 Å². The monoisotopic (exact) mass is 2070 g/mol. The minimum Gasteiger partial charge on any atom is -0.466 e. The fourth-order valence-corrected chi connectivity index (χ4v) is 9.57. The van der Waals surface area contributed by atoms with Crippen LogP contribution in [0.1, 0.15) is 362 Å². The summed E-state index contributed by atoms with van der Waals surface area (Å²) in [6.07, 6.45) is 12.2. The standard InChI is InChI=1S/C14H24O3.C13H23NO3.2C12H16O.2C11H14O.C11H16.2C7H12O2.2C6H7NO.C5H5NO2.6C2H6/c1-10(2)11(3)13(16)17-9-7-8-12(15)14(4,5)6;1-9(2)10(3)11(15)17-8-7-14-12(16)13(4,5)6;2*1-12(2,3)11(13)9-10-7-5-4-6-8-10;2*1-11(2,3)10(12)9-7-5-4-6-8-9;1-11(2,3)9-10-7-5-4-6-8-10;2*1-5(2)6(3)7(8)9-4;2*1-5-3-4-6(8)7(5)2;1-6-4(7)2-3-5(6)8;6*1-2/h7-9H2,1-6H3;7-8H2,1-6H3,(H,14,16);2*4-8H,9H2,1-3H3;2*4-8H,1-3H3;4-8H,9H2,1-3H3;2*1-4H3;2*3-4H,1H2,2H3;2-3H,1H3;6*1-2H3. The Bertz CT molecular complexity index is 4580. The topological polar surface area (TPSA) is 298 Å². The minimum absolute atomic E-state index is 0.00926. The average molecular weight is 2070 g/mol. The average Bonchev–Trinajstić information content (AvgIpc) is 1.61. The van der Waals surface area contributed by atoms with E-state index in [1.165, 1.54) is 60.9 Å². The fourth-order valence-electron chi connectivity index (χ4n) is 9.57. The van der Waals surface area contributed by atoms with Crippen molar-refractivity contribution < 1.29 is 86.1 Å². The number of amides is 5. The van der Waals surface area contributed by atoms with Gasteiger partial charge in [0.25, 0.3) is 23.6 Å². The summed E-state index contributed by atoms with van der Waals surface area (Å²) >= 11 is 0. The van der Waals surface area contributed by atoms with Crippen LogP contribution in [0.5, 0.6) is 0 Å². The molecule has 0 saturated heterocycles. The van der Waals surface area contributed by atoms with Crippen LogP contribution >= 0.6 is 0 Å². The molecule has 838 valence electrons. The van der Waals surface area contributed by atoms with Gasteiger partial charge in [-0.25, -0.2) is 19.2 Å². The number of hydrogen-bond acceptors (Lipinski definition) is 18.